The molecule has 0 aliphatic carbocycles. The van der Waals surface area contributed by atoms with Crippen molar-refractivity contribution in [1.82, 2.24) is 15.5 Å². The first-order chi connectivity index (χ1) is 13.7. The molecule has 0 spiro atoms. The topological polar surface area (TPSA) is 69.1 Å². The molecule has 0 bridgehead atoms. The van der Waals surface area contributed by atoms with E-state index >= 15 is 0 Å². The maximum Gasteiger partial charge on any atom is 0.191 e. The Morgan fingerprint density at radius 1 is 1.10 bits per heavy atom. The first kappa shape index (κ1) is 23.6. The van der Waals surface area contributed by atoms with E-state index in [1.807, 2.05) is 13.8 Å². The van der Waals surface area contributed by atoms with Gasteiger partial charge in [0.1, 0.15) is 0 Å². The zero-order chi connectivity index (χ0) is 21.3. The highest BCUT2D eigenvalue weighted by Gasteiger charge is 2.25. The van der Waals surface area contributed by atoms with Gasteiger partial charge in [0.25, 0.3) is 0 Å². The van der Waals surface area contributed by atoms with E-state index < -0.39 is 5.60 Å². The molecule has 0 radical (unpaired) electrons. The van der Waals surface area contributed by atoms with Gasteiger partial charge in [-0.05, 0) is 36.8 Å². The van der Waals surface area contributed by atoms with E-state index in [1.165, 1.54) is 11.1 Å². The Bertz CT molecular complexity index is 629. The number of ether oxygens (including phenoxy) is 1. The molecule has 1 aliphatic heterocycles. The van der Waals surface area contributed by atoms with Crippen LogP contribution in [0.1, 0.15) is 45.7 Å². The van der Waals surface area contributed by atoms with Crippen molar-refractivity contribution in [3.63, 3.8) is 0 Å². The largest absolute Gasteiger partial charge is 0.387 e. The van der Waals surface area contributed by atoms with Crippen molar-refractivity contribution < 1.29 is 9.84 Å². The van der Waals surface area contributed by atoms with Crippen LogP contribution in [0.5, 0.6) is 0 Å². The maximum absolute atomic E-state index is 10.7. The molecule has 1 aliphatic rings. The number of guanidine groups is 1. The lowest BCUT2D eigenvalue weighted by molar-refractivity contribution is -0.0179. The van der Waals surface area contributed by atoms with E-state index in [0.29, 0.717) is 13.1 Å². The molecule has 3 N–H and O–H groups in total. The average molecular weight is 405 g/mol. The Morgan fingerprint density at radius 3 is 2.34 bits per heavy atom. The summed E-state index contributed by atoms with van der Waals surface area (Å²) in [4.78, 5) is 6.85. The third-order valence-corrected chi connectivity index (χ3v) is 5.12. The number of aliphatic imine (C=N–C) groups is 1. The normalized spacial score (nSPS) is 18.3. The summed E-state index contributed by atoms with van der Waals surface area (Å²) < 4.78 is 5.38. The Balaban J connectivity index is 1.83. The number of hydrogen-bond acceptors (Lipinski definition) is 4. The minimum atomic E-state index is -0.859. The Morgan fingerprint density at radius 2 is 1.76 bits per heavy atom. The van der Waals surface area contributed by atoms with Gasteiger partial charge in [0.15, 0.2) is 5.96 Å². The number of β-amino-alcohol motifs (C(OH)–C–C–N with tert-alkyl or cyclic N) is 1. The summed E-state index contributed by atoms with van der Waals surface area (Å²) in [5.74, 6) is 0.751. The zero-order valence-electron chi connectivity index (χ0n) is 18.9. The zero-order valence-corrected chi connectivity index (χ0v) is 18.9. The van der Waals surface area contributed by atoms with Gasteiger partial charge in [-0.2, -0.15) is 0 Å². The molecule has 0 aromatic heterocycles. The molecule has 0 amide bonds. The van der Waals surface area contributed by atoms with Gasteiger partial charge in [0.2, 0.25) is 0 Å². The number of hydrogen-bond donors (Lipinski definition) is 3. The van der Waals surface area contributed by atoms with Crippen LogP contribution in [0.15, 0.2) is 29.3 Å². The van der Waals surface area contributed by atoms with Crippen LogP contribution >= 0.6 is 0 Å². The van der Waals surface area contributed by atoms with E-state index in [0.717, 1.165) is 51.8 Å². The van der Waals surface area contributed by atoms with Gasteiger partial charge in [-0.25, -0.2) is 0 Å². The smallest absolute Gasteiger partial charge is 0.191 e. The van der Waals surface area contributed by atoms with Gasteiger partial charge in [-0.15, -0.1) is 0 Å². The van der Waals surface area contributed by atoms with E-state index in [1.54, 1.807) is 0 Å². The molecule has 1 unspecified atom stereocenters. The third-order valence-electron chi connectivity index (χ3n) is 5.12. The lowest BCUT2D eigenvalue weighted by Gasteiger charge is -2.33. The van der Waals surface area contributed by atoms with Crippen LogP contribution in [0.3, 0.4) is 0 Å². The summed E-state index contributed by atoms with van der Waals surface area (Å²) in [6.07, 6.45) is 0.930. The second kappa shape index (κ2) is 11.0. The molecule has 29 heavy (non-hydrogen) atoms. The van der Waals surface area contributed by atoms with Gasteiger partial charge in [-0.3, -0.25) is 9.89 Å². The molecule has 1 heterocycles. The minimum absolute atomic E-state index is 0.180. The summed E-state index contributed by atoms with van der Waals surface area (Å²) in [5.41, 5.74) is 1.98. The second-order valence-corrected chi connectivity index (χ2v) is 9.20. The highest BCUT2D eigenvalue weighted by atomic mass is 16.5. The van der Waals surface area contributed by atoms with Crippen LogP contribution in [-0.2, 0) is 16.6 Å². The maximum atomic E-state index is 10.7. The number of aliphatic hydroxyl groups is 1. The van der Waals surface area contributed by atoms with Gasteiger partial charge in [0, 0.05) is 32.7 Å². The standard InChI is InChI=1S/C23H40N4O2/c1-6-24-21(26-17-23(5,28)18-27-13-15-29-16-14-27)25-12-11-19-7-9-20(10-8-19)22(2,3)4/h7-10,28H,6,11-18H2,1-5H3,(H2,24,25,26). The average Bonchev–Trinajstić information content (AvgIpc) is 2.66. The van der Waals surface area contributed by atoms with Gasteiger partial charge in [0.05, 0.1) is 25.4 Å². The van der Waals surface area contributed by atoms with Crippen LogP contribution in [0.4, 0.5) is 0 Å². The minimum Gasteiger partial charge on any atom is -0.387 e. The summed E-state index contributed by atoms with van der Waals surface area (Å²) in [6.45, 7) is 16.4. The van der Waals surface area contributed by atoms with Gasteiger partial charge >= 0.3 is 0 Å². The molecule has 6 heteroatoms. The second-order valence-electron chi connectivity index (χ2n) is 9.20. The molecule has 2 rings (SSSR count). The molecule has 1 aromatic carbocycles. The number of rotatable bonds is 8. The Labute approximate surface area is 176 Å². The summed E-state index contributed by atoms with van der Waals surface area (Å²) >= 11 is 0. The van der Waals surface area contributed by atoms with Crippen molar-refractivity contribution in [1.29, 1.82) is 0 Å². The van der Waals surface area contributed by atoms with E-state index in [-0.39, 0.29) is 5.41 Å². The molecule has 1 saturated heterocycles. The van der Waals surface area contributed by atoms with Crippen molar-refractivity contribution in [2.45, 2.75) is 52.1 Å². The summed E-state index contributed by atoms with van der Waals surface area (Å²) in [7, 11) is 0. The van der Waals surface area contributed by atoms with E-state index in [9.17, 15) is 5.11 Å². The Kier molecular flexibility index (Phi) is 8.93. The SMILES string of the molecule is CCNC(=NCC(C)(O)CN1CCOCC1)NCCc1ccc(C(C)(C)C)cc1. The first-order valence-electron chi connectivity index (χ1n) is 10.8. The molecule has 1 aromatic rings. The summed E-state index contributed by atoms with van der Waals surface area (Å²) in [5, 5.41) is 17.4. The molecular formula is C23H40N4O2. The molecule has 1 fully saturated rings. The van der Waals surface area contributed by atoms with Crippen molar-refractivity contribution in [2.75, 3.05) is 52.5 Å². The molecule has 164 valence electrons. The van der Waals surface area contributed by atoms with Crippen molar-refractivity contribution in [3.8, 4) is 0 Å². The number of benzene rings is 1. The fourth-order valence-electron chi connectivity index (χ4n) is 3.38. The fourth-order valence-corrected chi connectivity index (χ4v) is 3.38. The fraction of sp³-hybridized carbons (Fsp3) is 0.696. The predicted molar refractivity (Wildman–Crippen MR) is 121 cm³/mol. The lowest BCUT2D eigenvalue weighted by atomic mass is 9.86. The summed E-state index contributed by atoms with van der Waals surface area (Å²) in [6, 6.07) is 8.85. The van der Waals surface area contributed by atoms with Crippen LogP contribution in [0, 0.1) is 0 Å². The third kappa shape index (κ3) is 8.72. The molecule has 0 saturated carbocycles. The highest BCUT2D eigenvalue weighted by molar-refractivity contribution is 5.79. The van der Waals surface area contributed by atoms with E-state index in [4.69, 9.17) is 4.74 Å². The lowest BCUT2D eigenvalue weighted by Crippen LogP contribution is -2.48. The number of nitrogens with one attached hydrogen (secondary N) is 2. The van der Waals surface area contributed by atoms with Gasteiger partial charge in [-0.1, -0.05) is 45.0 Å². The van der Waals surface area contributed by atoms with E-state index in [2.05, 4.69) is 65.6 Å². The number of morpholine rings is 1. The van der Waals surface area contributed by atoms with Crippen LogP contribution < -0.4 is 10.6 Å². The monoisotopic (exact) mass is 404 g/mol. The number of nitrogens with zero attached hydrogens (tertiary/aromatic N) is 2. The molecular weight excluding hydrogens is 364 g/mol. The van der Waals surface area contributed by atoms with Crippen molar-refractivity contribution in [2.24, 2.45) is 4.99 Å². The first-order valence-corrected chi connectivity index (χ1v) is 10.8. The van der Waals surface area contributed by atoms with Crippen LogP contribution in [0.25, 0.3) is 0 Å². The highest BCUT2D eigenvalue weighted by Crippen LogP contribution is 2.22. The van der Waals surface area contributed by atoms with Crippen LogP contribution in [-0.4, -0.2) is 74.0 Å². The Hall–Kier alpha value is -1.63. The van der Waals surface area contributed by atoms with Crippen molar-refractivity contribution in [3.05, 3.63) is 35.4 Å². The molecule has 1 atom stereocenters. The van der Waals surface area contributed by atoms with Crippen LogP contribution in [0.2, 0.25) is 0 Å². The molecule has 6 nitrogen and oxygen atoms in total. The van der Waals surface area contributed by atoms with Crippen molar-refractivity contribution >= 4 is 5.96 Å². The predicted octanol–water partition coefficient (Wildman–Crippen LogP) is 2.16. The quantitative estimate of drug-likeness (QED) is 0.458. The van der Waals surface area contributed by atoms with Gasteiger partial charge < -0.3 is 20.5 Å².